The fourth-order valence-electron chi connectivity index (χ4n) is 4.72. The van der Waals surface area contributed by atoms with E-state index in [1.807, 2.05) is 36.4 Å². The van der Waals surface area contributed by atoms with E-state index < -0.39 is 18.0 Å². The molecule has 0 bridgehead atoms. The van der Waals surface area contributed by atoms with E-state index in [1.165, 1.54) is 15.9 Å². The molecule has 44 heavy (non-hydrogen) atoms. The molecule has 1 aliphatic rings. The minimum atomic E-state index is -0.831. The van der Waals surface area contributed by atoms with Crippen molar-refractivity contribution in [2.75, 3.05) is 19.8 Å². The van der Waals surface area contributed by atoms with Gasteiger partial charge in [-0.3, -0.25) is 9.36 Å². The Labute approximate surface area is 283 Å². The van der Waals surface area contributed by atoms with Crippen molar-refractivity contribution < 1.29 is 23.8 Å². The maximum atomic E-state index is 14.2. The van der Waals surface area contributed by atoms with E-state index in [9.17, 15) is 14.4 Å². The Kier molecular flexibility index (Phi) is 10.4. The van der Waals surface area contributed by atoms with Gasteiger partial charge in [-0.25, -0.2) is 14.6 Å². The molecule has 0 radical (unpaired) electrons. The summed E-state index contributed by atoms with van der Waals surface area (Å²) in [5.41, 5.74) is 2.28. The molecule has 4 aromatic rings. The maximum absolute atomic E-state index is 14.2. The van der Waals surface area contributed by atoms with Gasteiger partial charge in [0.05, 0.1) is 38.6 Å². The summed E-state index contributed by atoms with van der Waals surface area (Å²) in [5.74, 6) is -0.640. The van der Waals surface area contributed by atoms with Crippen LogP contribution in [0.5, 0.6) is 5.75 Å². The minimum absolute atomic E-state index is 0.151. The van der Waals surface area contributed by atoms with Crippen LogP contribution in [0.4, 0.5) is 0 Å². The molecule has 3 aromatic carbocycles. The third-order valence-electron chi connectivity index (χ3n) is 6.52. The highest BCUT2D eigenvalue weighted by molar-refractivity contribution is 14.1. The number of fused-ring (bicyclic) bond motifs is 1. The fourth-order valence-corrected chi connectivity index (χ4v) is 7.54. The summed E-state index contributed by atoms with van der Waals surface area (Å²) >= 11 is 13.0. The largest absolute Gasteiger partial charge is 0.480 e. The smallest absolute Gasteiger partial charge is 0.344 e. The monoisotopic (exact) mass is 806 g/mol. The van der Waals surface area contributed by atoms with Crippen molar-refractivity contribution in [3.8, 4) is 5.75 Å². The van der Waals surface area contributed by atoms with Crippen LogP contribution in [0.15, 0.2) is 86.6 Å². The van der Waals surface area contributed by atoms with Gasteiger partial charge in [0.1, 0.15) is 5.75 Å². The van der Waals surface area contributed by atoms with Gasteiger partial charge < -0.3 is 14.2 Å². The van der Waals surface area contributed by atoms with Gasteiger partial charge >= 0.3 is 11.9 Å². The van der Waals surface area contributed by atoms with Gasteiger partial charge in [-0.15, -0.1) is 0 Å². The van der Waals surface area contributed by atoms with Crippen LogP contribution in [0.3, 0.4) is 0 Å². The highest BCUT2D eigenvalue weighted by atomic mass is 127. The molecule has 0 aliphatic carbocycles. The van der Waals surface area contributed by atoms with E-state index in [4.69, 9.17) is 30.8 Å². The van der Waals surface area contributed by atoms with Crippen LogP contribution in [0.25, 0.3) is 11.8 Å². The van der Waals surface area contributed by atoms with E-state index in [0.717, 1.165) is 8.04 Å². The van der Waals surface area contributed by atoms with E-state index in [0.29, 0.717) is 42.5 Å². The quantitative estimate of drug-likeness (QED) is 0.155. The van der Waals surface area contributed by atoms with E-state index in [-0.39, 0.29) is 31.0 Å². The summed E-state index contributed by atoms with van der Waals surface area (Å²) in [6.07, 6.45) is 1.70. The minimum Gasteiger partial charge on any atom is -0.480 e. The number of halogens is 3. The van der Waals surface area contributed by atoms with Gasteiger partial charge in [0.2, 0.25) is 0 Å². The lowest BCUT2D eigenvalue weighted by Gasteiger charge is -2.26. The number of hydrogen-bond donors (Lipinski definition) is 0. The number of benzene rings is 3. The molecule has 1 aliphatic heterocycles. The first kappa shape index (κ1) is 32.1. The molecule has 0 saturated carbocycles. The van der Waals surface area contributed by atoms with Crippen LogP contribution < -0.4 is 19.6 Å². The fraction of sp³-hybridized carbons (Fsp3) is 0.188. The molecule has 12 heteroatoms. The molecule has 0 unspecified atom stereocenters. The second kappa shape index (κ2) is 14.2. The first-order chi connectivity index (χ1) is 21.2. The molecule has 1 aromatic heterocycles. The zero-order valence-electron chi connectivity index (χ0n) is 23.5. The zero-order chi connectivity index (χ0) is 31.4. The van der Waals surface area contributed by atoms with Crippen LogP contribution >= 0.6 is 61.5 Å². The summed E-state index contributed by atoms with van der Waals surface area (Å²) in [5, 5.41) is 0.519. The number of aromatic nitrogens is 1. The molecule has 226 valence electrons. The van der Waals surface area contributed by atoms with Gasteiger partial charge in [0.15, 0.2) is 11.4 Å². The Morgan fingerprint density at radius 2 is 1.77 bits per heavy atom. The molecule has 0 fully saturated rings. The molecular formula is C32H25BrClIN2O6S. The normalized spacial score (nSPS) is 14.6. The summed E-state index contributed by atoms with van der Waals surface area (Å²) in [7, 11) is 0. The molecule has 8 nitrogen and oxygen atoms in total. The van der Waals surface area contributed by atoms with Crippen LogP contribution in [0, 0.1) is 3.57 Å². The van der Waals surface area contributed by atoms with Crippen LogP contribution in [0.2, 0.25) is 5.02 Å². The Morgan fingerprint density at radius 3 is 2.45 bits per heavy atom. The first-order valence-corrected chi connectivity index (χ1v) is 16.6. The standard InChI is InChI=1S/C32H25BrClIN2O6S/c1-3-41-25(38)17-43-29-20(14-21(33)16-23(29)35)15-24-30(39)37-28(19-10-12-22(34)13-11-19)26(31(40)42-4-2)27(36-32(37)44-24)18-8-6-5-7-9-18/h5-16,28H,3-4,17H2,1-2H3/b24-15-/t28-/m0/s1. The van der Waals surface area contributed by atoms with Crippen molar-refractivity contribution in [3.63, 3.8) is 0 Å². The number of nitrogens with zero attached hydrogens (tertiary/aromatic N) is 2. The highest BCUT2D eigenvalue weighted by Crippen LogP contribution is 2.36. The molecule has 1 atom stereocenters. The highest BCUT2D eigenvalue weighted by Gasteiger charge is 2.35. The van der Waals surface area contributed by atoms with E-state index in [1.54, 1.807) is 50.3 Å². The lowest BCUT2D eigenvalue weighted by Crippen LogP contribution is -2.40. The number of thiazole rings is 1. The third kappa shape index (κ3) is 6.85. The average molecular weight is 808 g/mol. The van der Waals surface area contributed by atoms with E-state index >= 15 is 0 Å². The predicted molar refractivity (Wildman–Crippen MR) is 181 cm³/mol. The van der Waals surface area contributed by atoms with Crippen molar-refractivity contribution in [1.29, 1.82) is 0 Å². The molecule has 0 amide bonds. The van der Waals surface area contributed by atoms with Crippen LogP contribution in [-0.4, -0.2) is 36.3 Å². The topological polar surface area (TPSA) is 96.2 Å². The van der Waals surface area contributed by atoms with Gasteiger partial charge in [0, 0.05) is 20.6 Å². The first-order valence-electron chi connectivity index (χ1n) is 13.5. The lowest BCUT2D eigenvalue weighted by molar-refractivity contribution is -0.145. The van der Waals surface area contributed by atoms with Crippen molar-refractivity contribution >= 4 is 85.2 Å². The van der Waals surface area contributed by atoms with Crippen LogP contribution in [0.1, 0.15) is 36.6 Å². The zero-order valence-corrected chi connectivity index (χ0v) is 28.8. The van der Waals surface area contributed by atoms with Crippen molar-refractivity contribution in [2.45, 2.75) is 19.9 Å². The van der Waals surface area contributed by atoms with E-state index in [2.05, 4.69) is 38.5 Å². The SMILES string of the molecule is CCOC(=O)COc1c(I)cc(Br)cc1/C=c1\sc2n(c1=O)[C@@H](c1ccc(Cl)cc1)C(C(=O)OCC)=C(c1ccccc1)N=2. The molecular weight excluding hydrogens is 783 g/mol. The van der Waals surface area contributed by atoms with Gasteiger partial charge in [-0.05, 0) is 72.3 Å². The number of hydrogen-bond acceptors (Lipinski definition) is 8. The van der Waals surface area contributed by atoms with Crippen molar-refractivity contribution in [3.05, 3.63) is 122 Å². The Bertz CT molecular complexity index is 1940. The molecule has 2 heterocycles. The second-order valence-electron chi connectivity index (χ2n) is 9.38. The maximum Gasteiger partial charge on any atom is 0.344 e. The Hall–Kier alpha value is -3.26. The summed E-state index contributed by atoms with van der Waals surface area (Å²) in [4.78, 5) is 45.1. The third-order valence-corrected chi connectivity index (χ3v) is 9.02. The van der Waals surface area contributed by atoms with Gasteiger partial charge in [0.25, 0.3) is 5.56 Å². The van der Waals surface area contributed by atoms with Crippen molar-refractivity contribution in [2.24, 2.45) is 4.99 Å². The number of carbonyl (C=O) groups is 2. The molecule has 5 rings (SSSR count). The number of carbonyl (C=O) groups excluding carboxylic acids is 2. The average Bonchev–Trinajstić information content (AvgIpc) is 3.31. The van der Waals surface area contributed by atoms with Gasteiger partial charge in [-0.2, -0.15) is 0 Å². The Morgan fingerprint density at radius 1 is 1.07 bits per heavy atom. The second-order valence-corrected chi connectivity index (χ2v) is 12.9. The molecule has 0 saturated heterocycles. The van der Waals surface area contributed by atoms with Crippen molar-refractivity contribution in [1.82, 2.24) is 4.57 Å². The van der Waals surface area contributed by atoms with Crippen LogP contribution in [-0.2, 0) is 19.1 Å². The van der Waals surface area contributed by atoms with Gasteiger partial charge in [-0.1, -0.05) is 81.3 Å². The lowest BCUT2D eigenvalue weighted by atomic mass is 9.93. The number of rotatable bonds is 9. The number of ether oxygens (including phenoxy) is 3. The summed E-state index contributed by atoms with van der Waals surface area (Å²) < 4.78 is 19.7. The number of esters is 2. The molecule has 0 spiro atoms. The Balaban J connectivity index is 1.76. The summed E-state index contributed by atoms with van der Waals surface area (Å²) in [6.45, 7) is 3.56. The summed E-state index contributed by atoms with van der Waals surface area (Å²) in [6, 6.07) is 19.2. The molecule has 0 N–H and O–H groups in total. The predicted octanol–water partition coefficient (Wildman–Crippen LogP) is 5.90.